The first kappa shape index (κ1) is 17.6. The van der Waals surface area contributed by atoms with E-state index in [9.17, 15) is 0 Å². The molecule has 0 saturated heterocycles. The van der Waals surface area contributed by atoms with Crippen LogP contribution >= 0.6 is 0 Å². The Bertz CT molecular complexity index is 973. The zero-order valence-electron chi connectivity index (χ0n) is 15.9. The van der Waals surface area contributed by atoms with Gasteiger partial charge in [0.1, 0.15) is 0 Å². The number of rotatable bonds is 4. The first-order chi connectivity index (χ1) is 13.1. The molecule has 0 amide bonds. The normalized spacial score (nSPS) is 19.8. The Kier molecular flexibility index (Phi) is 4.84. The van der Waals surface area contributed by atoms with E-state index < -0.39 is 0 Å². The maximum Gasteiger partial charge on any atom is 0.223 e. The molecule has 5 nitrogen and oxygen atoms in total. The highest BCUT2D eigenvalue weighted by Gasteiger charge is 2.19. The van der Waals surface area contributed by atoms with Crippen LogP contribution in [-0.4, -0.2) is 26.0 Å². The molecule has 2 aromatic heterocycles. The van der Waals surface area contributed by atoms with E-state index in [2.05, 4.69) is 38.8 Å². The monoisotopic (exact) mass is 359 g/mol. The average molecular weight is 359 g/mol. The third kappa shape index (κ3) is 3.82. The van der Waals surface area contributed by atoms with E-state index in [0.717, 1.165) is 39.3 Å². The van der Waals surface area contributed by atoms with Crippen LogP contribution in [0.15, 0.2) is 43.4 Å². The number of benzene rings is 1. The predicted octanol–water partition coefficient (Wildman–Crippen LogP) is 4.78. The molecule has 1 aliphatic carbocycles. The Morgan fingerprint density at radius 1 is 1.04 bits per heavy atom. The van der Waals surface area contributed by atoms with E-state index in [1.165, 1.54) is 25.7 Å². The molecule has 0 bridgehead atoms. The minimum absolute atomic E-state index is 0.480. The Hall–Kier alpha value is -2.82. The lowest BCUT2D eigenvalue weighted by molar-refractivity contribution is 0.360. The second-order valence-corrected chi connectivity index (χ2v) is 7.53. The van der Waals surface area contributed by atoms with Crippen LogP contribution in [0.5, 0.6) is 0 Å². The van der Waals surface area contributed by atoms with Gasteiger partial charge < -0.3 is 5.32 Å². The van der Waals surface area contributed by atoms with Crippen molar-refractivity contribution in [1.82, 2.24) is 19.9 Å². The van der Waals surface area contributed by atoms with Crippen molar-refractivity contribution in [3.05, 3.63) is 60.2 Å². The van der Waals surface area contributed by atoms with E-state index in [4.69, 9.17) is 0 Å². The number of aromatic nitrogens is 4. The third-order valence-electron chi connectivity index (χ3n) is 5.47. The van der Waals surface area contributed by atoms with Gasteiger partial charge in [-0.05, 0) is 61.8 Å². The largest absolute Gasteiger partial charge is 0.351 e. The van der Waals surface area contributed by atoms with Gasteiger partial charge in [-0.25, -0.2) is 9.97 Å². The molecule has 1 saturated carbocycles. The minimum atomic E-state index is 0.480. The van der Waals surface area contributed by atoms with Gasteiger partial charge in [0.25, 0.3) is 0 Å². The van der Waals surface area contributed by atoms with Crippen LogP contribution in [0.2, 0.25) is 0 Å². The second kappa shape index (κ2) is 7.43. The van der Waals surface area contributed by atoms with E-state index in [1.807, 2.05) is 31.3 Å². The topological polar surface area (TPSA) is 63.6 Å². The maximum atomic E-state index is 4.68. The Morgan fingerprint density at radius 2 is 1.78 bits per heavy atom. The number of aryl methyl sites for hydroxylation is 1. The van der Waals surface area contributed by atoms with Crippen molar-refractivity contribution in [2.75, 3.05) is 5.32 Å². The molecule has 0 radical (unpaired) electrons. The highest BCUT2D eigenvalue weighted by Crippen LogP contribution is 2.27. The SMILES string of the molecule is C=C(c1ccc2nccnc2c1)c1cnc(NC2CCC(C)CC2)nc1C. The third-order valence-corrected chi connectivity index (χ3v) is 5.47. The fraction of sp³-hybridized carbons (Fsp3) is 0.364. The summed E-state index contributed by atoms with van der Waals surface area (Å²) in [5, 5.41) is 3.50. The fourth-order valence-electron chi connectivity index (χ4n) is 3.73. The summed E-state index contributed by atoms with van der Waals surface area (Å²) in [6.45, 7) is 8.61. The van der Waals surface area contributed by atoms with Gasteiger partial charge in [-0.15, -0.1) is 0 Å². The summed E-state index contributed by atoms with van der Waals surface area (Å²) in [4.78, 5) is 17.9. The number of nitrogens with zero attached hydrogens (tertiary/aromatic N) is 4. The number of hydrogen-bond acceptors (Lipinski definition) is 5. The quantitative estimate of drug-likeness (QED) is 0.726. The molecule has 138 valence electrons. The summed E-state index contributed by atoms with van der Waals surface area (Å²) in [7, 11) is 0. The predicted molar refractivity (Wildman–Crippen MR) is 109 cm³/mol. The van der Waals surface area contributed by atoms with Crippen LogP contribution in [0.1, 0.15) is 49.4 Å². The van der Waals surface area contributed by atoms with Crippen LogP contribution in [0.4, 0.5) is 5.95 Å². The Morgan fingerprint density at radius 3 is 2.52 bits per heavy atom. The van der Waals surface area contributed by atoms with Crippen molar-refractivity contribution >= 4 is 22.6 Å². The van der Waals surface area contributed by atoms with Crippen molar-refractivity contribution in [2.24, 2.45) is 5.92 Å². The zero-order chi connectivity index (χ0) is 18.8. The highest BCUT2D eigenvalue weighted by atomic mass is 15.1. The van der Waals surface area contributed by atoms with Gasteiger partial charge in [0.15, 0.2) is 0 Å². The van der Waals surface area contributed by atoms with Gasteiger partial charge in [-0.3, -0.25) is 9.97 Å². The van der Waals surface area contributed by atoms with Crippen molar-refractivity contribution < 1.29 is 0 Å². The molecule has 1 fully saturated rings. The molecule has 0 atom stereocenters. The molecule has 1 aliphatic rings. The average Bonchev–Trinajstić information content (AvgIpc) is 2.69. The highest BCUT2D eigenvalue weighted by molar-refractivity contribution is 5.85. The zero-order valence-corrected chi connectivity index (χ0v) is 15.9. The van der Waals surface area contributed by atoms with Crippen molar-refractivity contribution in [2.45, 2.75) is 45.6 Å². The smallest absolute Gasteiger partial charge is 0.223 e. The van der Waals surface area contributed by atoms with Gasteiger partial charge in [-0.2, -0.15) is 0 Å². The van der Waals surface area contributed by atoms with Crippen molar-refractivity contribution in [3.8, 4) is 0 Å². The second-order valence-electron chi connectivity index (χ2n) is 7.53. The summed E-state index contributed by atoms with van der Waals surface area (Å²) in [6, 6.07) is 6.49. The molecule has 3 aromatic rings. The van der Waals surface area contributed by atoms with E-state index >= 15 is 0 Å². The van der Waals surface area contributed by atoms with Crippen LogP contribution in [0, 0.1) is 12.8 Å². The van der Waals surface area contributed by atoms with Crippen LogP contribution < -0.4 is 5.32 Å². The lowest BCUT2D eigenvalue weighted by Gasteiger charge is -2.27. The summed E-state index contributed by atoms with van der Waals surface area (Å²) in [5.74, 6) is 1.55. The molecule has 5 heteroatoms. The van der Waals surface area contributed by atoms with Gasteiger partial charge in [0, 0.05) is 30.2 Å². The lowest BCUT2D eigenvalue weighted by Crippen LogP contribution is -2.26. The fourth-order valence-corrected chi connectivity index (χ4v) is 3.73. The molecule has 0 spiro atoms. The summed E-state index contributed by atoms with van der Waals surface area (Å²) >= 11 is 0. The molecule has 1 aromatic carbocycles. The van der Waals surface area contributed by atoms with Gasteiger partial charge in [-0.1, -0.05) is 19.6 Å². The number of fused-ring (bicyclic) bond motifs is 1. The molecular weight excluding hydrogens is 334 g/mol. The standard InChI is InChI=1S/C22H25N5/c1-14-4-7-18(8-5-14)27-22-25-13-19(16(3)26-22)15(2)17-6-9-20-21(12-17)24-11-10-23-20/h6,9-14,18H,2,4-5,7-8H2,1,3H3,(H,25,26,27). The molecule has 2 heterocycles. The molecule has 0 unspecified atom stereocenters. The van der Waals surface area contributed by atoms with Gasteiger partial charge >= 0.3 is 0 Å². The summed E-state index contributed by atoms with van der Waals surface area (Å²) < 4.78 is 0. The molecular formula is C22H25N5. The minimum Gasteiger partial charge on any atom is -0.351 e. The van der Waals surface area contributed by atoms with Gasteiger partial charge in [0.2, 0.25) is 5.95 Å². The van der Waals surface area contributed by atoms with Crippen LogP contribution in [0.25, 0.3) is 16.6 Å². The van der Waals surface area contributed by atoms with Crippen LogP contribution in [0.3, 0.4) is 0 Å². The summed E-state index contributed by atoms with van der Waals surface area (Å²) in [6.07, 6.45) is 10.2. The van der Waals surface area contributed by atoms with Gasteiger partial charge in [0.05, 0.1) is 16.7 Å². The van der Waals surface area contributed by atoms with E-state index in [1.54, 1.807) is 12.4 Å². The maximum absolute atomic E-state index is 4.68. The van der Waals surface area contributed by atoms with Crippen molar-refractivity contribution in [3.63, 3.8) is 0 Å². The first-order valence-electron chi connectivity index (χ1n) is 9.61. The van der Waals surface area contributed by atoms with Crippen LogP contribution in [-0.2, 0) is 0 Å². The Balaban J connectivity index is 1.53. The van der Waals surface area contributed by atoms with Crippen molar-refractivity contribution in [1.29, 1.82) is 0 Å². The summed E-state index contributed by atoms with van der Waals surface area (Å²) in [5.41, 5.74) is 5.54. The molecule has 0 aliphatic heterocycles. The molecule has 27 heavy (non-hydrogen) atoms. The Labute approximate surface area is 160 Å². The number of hydrogen-bond donors (Lipinski definition) is 1. The van der Waals surface area contributed by atoms with E-state index in [0.29, 0.717) is 12.0 Å². The number of anilines is 1. The lowest BCUT2D eigenvalue weighted by atomic mass is 9.87. The molecule has 1 N–H and O–H groups in total. The molecule has 4 rings (SSSR count). The number of nitrogens with one attached hydrogen (secondary N) is 1. The first-order valence-corrected chi connectivity index (χ1v) is 9.61. The van der Waals surface area contributed by atoms with E-state index in [-0.39, 0.29) is 0 Å².